The van der Waals surface area contributed by atoms with Crippen LogP contribution < -0.4 is 0 Å². The van der Waals surface area contributed by atoms with Crippen molar-refractivity contribution in [2.24, 2.45) is 0 Å². The average molecular weight is 53.9 g/mol. The average Bonchev–Trinajstić information content (AvgIpc) is 0.918. The molecule has 0 bridgehead atoms. The van der Waals surface area contributed by atoms with Crippen molar-refractivity contribution in [3.8, 4) is 0 Å². The van der Waals surface area contributed by atoms with Crippen LogP contribution in [0.3, 0.4) is 0 Å². The van der Waals surface area contributed by atoms with Gasteiger partial charge in [-0.1, -0.05) is 0 Å². The third-order valence-electron chi connectivity index (χ3n) is 0. The van der Waals surface area contributed by atoms with E-state index in [4.69, 9.17) is 4.79 Å². The lowest BCUT2D eigenvalue weighted by Crippen LogP contribution is -1.35. The molecular weight excluding hydrogens is 50.8 g/mol. The summed E-state index contributed by atoms with van der Waals surface area (Å²) in [7, 11) is 0. The molecule has 4 heavy (non-hydrogen) atoms. The van der Waals surface area contributed by atoms with E-state index in [-0.39, 0.29) is 8.41 Å². The zero-order chi connectivity index (χ0) is 2.71. The maximum atomic E-state index is 8.68. The van der Waals surface area contributed by atoms with Gasteiger partial charge in [-0.2, -0.15) is 0 Å². The SMILES string of the molecule is C[C+]=O.[B-]. The summed E-state index contributed by atoms with van der Waals surface area (Å²) in [6.07, 6.45) is 1.50. The maximum Gasteiger partial charge on any atom is 0.502 e. The predicted octanol–water partition coefficient (Wildman–Crippen LogP) is -0.265. The molecule has 0 aliphatic heterocycles. The van der Waals surface area contributed by atoms with E-state index in [1.54, 1.807) is 0 Å². The molecule has 0 aliphatic carbocycles. The first kappa shape index (κ1) is 9.42. The van der Waals surface area contributed by atoms with Gasteiger partial charge in [0.15, 0.2) is 0 Å². The van der Waals surface area contributed by atoms with Gasteiger partial charge >= 0.3 is 6.29 Å². The van der Waals surface area contributed by atoms with Crippen molar-refractivity contribution >= 4 is 14.7 Å². The molecule has 0 atom stereocenters. The van der Waals surface area contributed by atoms with Gasteiger partial charge in [0.25, 0.3) is 0 Å². The Balaban J connectivity index is 0. The van der Waals surface area contributed by atoms with Gasteiger partial charge in [0, 0.05) is 4.79 Å². The highest BCUT2D eigenvalue weighted by molar-refractivity contribution is 5.75. The van der Waals surface area contributed by atoms with E-state index < -0.39 is 0 Å². The Hall–Kier alpha value is -0.355. The van der Waals surface area contributed by atoms with Gasteiger partial charge in [0.1, 0.15) is 0 Å². The second-order valence-corrected chi connectivity index (χ2v) is 0.204. The van der Waals surface area contributed by atoms with Crippen molar-refractivity contribution in [1.82, 2.24) is 0 Å². The molecule has 20 valence electrons. The molecule has 0 saturated carbocycles. The van der Waals surface area contributed by atoms with E-state index in [0.29, 0.717) is 0 Å². The predicted molar refractivity (Wildman–Crippen MR) is 17.1 cm³/mol. The monoisotopic (exact) mass is 54.0 g/mol. The molecule has 0 spiro atoms. The summed E-state index contributed by atoms with van der Waals surface area (Å²) >= 11 is 0. The van der Waals surface area contributed by atoms with Crippen LogP contribution >= 0.6 is 0 Å². The lowest BCUT2D eigenvalue weighted by Gasteiger charge is -1.00. The largest absolute Gasteiger partial charge is 1.00 e. The van der Waals surface area contributed by atoms with Gasteiger partial charge in [-0.05, 0) is 0 Å². The molecule has 2 heteroatoms. The zero-order valence-corrected chi connectivity index (χ0v) is 2.49. The lowest BCUT2D eigenvalue weighted by atomic mass is 10.8. The summed E-state index contributed by atoms with van der Waals surface area (Å²) in [5, 5.41) is 0. The van der Waals surface area contributed by atoms with Crippen LogP contribution in [-0.2, 0) is 4.79 Å². The molecule has 0 saturated heterocycles. The van der Waals surface area contributed by atoms with Gasteiger partial charge < -0.3 is 8.41 Å². The van der Waals surface area contributed by atoms with Crippen LogP contribution in [-0.4, -0.2) is 14.7 Å². The second-order valence-electron chi connectivity index (χ2n) is 0.204. The fourth-order valence-corrected chi connectivity index (χ4v) is 0. The molecule has 4 radical (unpaired) electrons. The summed E-state index contributed by atoms with van der Waals surface area (Å²) in [5.41, 5.74) is 0. The highest BCUT2D eigenvalue weighted by atomic mass is 16.1. The summed E-state index contributed by atoms with van der Waals surface area (Å²) in [6, 6.07) is 0. The minimum absolute atomic E-state index is 0. The van der Waals surface area contributed by atoms with E-state index in [9.17, 15) is 0 Å². The number of hydrogen-bond acceptors (Lipinski definition) is 1. The van der Waals surface area contributed by atoms with E-state index in [2.05, 4.69) is 0 Å². The first-order chi connectivity index (χ1) is 1.41. The van der Waals surface area contributed by atoms with Crippen LogP contribution in [0.15, 0.2) is 0 Å². The molecular formula is C2H3BO. The van der Waals surface area contributed by atoms with Crippen LogP contribution in [0.4, 0.5) is 0 Å². The summed E-state index contributed by atoms with van der Waals surface area (Å²) in [5.74, 6) is 0. The van der Waals surface area contributed by atoms with Crippen LogP contribution in [0.2, 0.25) is 0 Å². The fourth-order valence-electron chi connectivity index (χ4n) is 0. The molecule has 0 amide bonds. The van der Waals surface area contributed by atoms with Crippen LogP contribution in [0.5, 0.6) is 0 Å². The van der Waals surface area contributed by atoms with Crippen LogP contribution in [0.25, 0.3) is 0 Å². The van der Waals surface area contributed by atoms with Gasteiger partial charge in [-0.15, -0.1) is 0 Å². The van der Waals surface area contributed by atoms with Crippen molar-refractivity contribution in [1.29, 1.82) is 0 Å². The van der Waals surface area contributed by atoms with Crippen molar-refractivity contribution in [2.45, 2.75) is 6.92 Å². The van der Waals surface area contributed by atoms with E-state index in [0.717, 1.165) is 0 Å². The highest BCUT2D eigenvalue weighted by Gasteiger charge is 1.56. The molecule has 0 aliphatic rings. The van der Waals surface area contributed by atoms with E-state index >= 15 is 0 Å². The molecule has 1 nitrogen and oxygen atoms in total. The van der Waals surface area contributed by atoms with Gasteiger partial charge in [-0.25, -0.2) is 0 Å². The van der Waals surface area contributed by atoms with Gasteiger partial charge in [0.05, 0.1) is 0 Å². The Morgan fingerprint density at radius 2 is 1.75 bits per heavy atom. The third-order valence-corrected chi connectivity index (χ3v) is 0. The van der Waals surface area contributed by atoms with Crippen LogP contribution in [0, 0.1) is 0 Å². The van der Waals surface area contributed by atoms with Crippen molar-refractivity contribution in [2.75, 3.05) is 0 Å². The lowest BCUT2D eigenvalue weighted by molar-refractivity contribution is 0.560. The van der Waals surface area contributed by atoms with Crippen molar-refractivity contribution < 1.29 is 4.79 Å². The Kier molecular flexibility index (Phi) is 40.5. The zero-order valence-electron chi connectivity index (χ0n) is 2.49. The van der Waals surface area contributed by atoms with Gasteiger partial charge in [0.2, 0.25) is 6.92 Å². The highest BCUT2D eigenvalue weighted by Crippen LogP contribution is 1.13. The van der Waals surface area contributed by atoms with Crippen molar-refractivity contribution in [3.63, 3.8) is 0 Å². The normalized spacial score (nSPS) is 2.25. The third kappa shape index (κ3) is 5.43. The standard InChI is InChI=1S/C2H3O.B/c1-2-3;/h1H3;/q+1;-1. The van der Waals surface area contributed by atoms with E-state index in [1.807, 2.05) is 0 Å². The summed E-state index contributed by atoms with van der Waals surface area (Å²) in [6.45, 7) is 1.32. The fraction of sp³-hybridized carbons (Fsp3) is 0.500. The number of hydrogen-bond donors (Lipinski definition) is 0. The Labute approximate surface area is 27.6 Å². The maximum absolute atomic E-state index is 8.68. The molecule has 0 aromatic carbocycles. The van der Waals surface area contributed by atoms with E-state index in [1.165, 1.54) is 13.2 Å². The minimum atomic E-state index is 0. The minimum Gasteiger partial charge on any atom is -1.00 e. The van der Waals surface area contributed by atoms with Crippen LogP contribution in [0.1, 0.15) is 6.92 Å². The smallest absolute Gasteiger partial charge is 0.502 e. The molecule has 0 N–H and O–H groups in total. The summed E-state index contributed by atoms with van der Waals surface area (Å²) in [4.78, 5) is 8.68. The molecule has 0 aromatic heterocycles. The first-order valence-electron chi connectivity index (χ1n) is 0.704. The Morgan fingerprint density at radius 3 is 1.75 bits per heavy atom. The second kappa shape index (κ2) is 17.2. The molecule has 0 heterocycles. The topological polar surface area (TPSA) is 17.1 Å². The van der Waals surface area contributed by atoms with Gasteiger partial charge in [-0.3, -0.25) is 0 Å². The molecule has 0 fully saturated rings. The number of carbonyl (C=O) groups excluding carboxylic acids is 1. The number of rotatable bonds is 0. The quantitative estimate of drug-likeness (QED) is 0.275. The van der Waals surface area contributed by atoms with Crippen molar-refractivity contribution in [3.05, 3.63) is 0 Å². The summed E-state index contributed by atoms with van der Waals surface area (Å²) < 4.78 is 0. The Morgan fingerprint density at radius 1 is 1.75 bits per heavy atom. The molecule has 0 rings (SSSR count). The Bertz CT molecular complexity index is 13.5. The molecule has 0 aromatic rings. The molecule has 0 unspecified atom stereocenters. The first-order valence-corrected chi connectivity index (χ1v) is 0.704.